The first-order valence-corrected chi connectivity index (χ1v) is 18.1. The number of fused-ring (bicyclic) bond motifs is 3. The lowest BCUT2D eigenvalue weighted by Gasteiger charge is -2.37. The van der Waals surface area contributed by atoms with E-state index in [9.17, 15) is 10.2 Å². The number of aliphatic hydroxyl groups is 2. The smallest absolute Gasteiger partial charge is 0.126 e. The van der Waals surface area contributed by atoms with Crippen molar-refractivity contribution in [1.29, 1.82) is 0 Å². The van der Waals surface area contributed by atoms with Gasteiger partial charge in [0.15, 0.2) is 0 Å². The number of benzene rings is 4. The molecule has 2 atom stereocenters. The van der Waals surface area contributed by atoms with Crippen molar-refractivity contribution >= 4 is 30.9 Å². The predicted molar refractivity (Wildman–Crippen MR) is 189 cm³/mol. The molecule has 45 heavy (non-hydrogen) atoms. The Balaban J connectivity index is 1.92. The molecule has 0 aliphatic heterocycles. The van der Waals surface area contributed by atoms with Gasteiger partial charge in [-0.05, 0) is 61.1 Å². The lowest BCUT2D eigenvalue weighted by molar-refractivity contribution is 0.121. The van der Waals surface area contributed by atoms with Crippen molar-refractivity contribution in [3.63, 3.8) is 0 Å². The molecule has 2 N–H and O–H groups in total. The minimum atomic E-state index is -0.819. The third-order valence-electron chi connectivity index (χ3n) is 8.33. The summed E-state index contributed by atoms with van der Waals surface area (Å²) in [6.07, 6.45) is 0.506. The zero-order chi connectivity index (χ0) is 32.1. The number of rotatable bonds is 14. The predicted octanol–water partition coefficient (Wildman–Crippen LogP) is 3.13. The summed E-state index contributed by atoms with van der Waals surface area (Å²) in [6, 6.07) is 25.5. The van der Waals surface area contributed by atoms with Gasteiger partial charge in [-0.25, -0.2) is 0 Å². The fourth-order valence-electron chi connectivity index (χ4n) is 6.41. The molecule has 8 heteroatoms. The van der Waals surface area contributed by atoms with Crippen LogP contribution in [0.2, 0.25) is 0 Å². The van der Waals surface area contributed by atoms with Gasteiger partial charge in [0, 0.05) is 42.0 Å². The Labute approximate surface area is 273 Å². The van der Waals surface area contributed by atoms with Crippen LogP contribution in [0.25, 0.3) is 11.1 Å². The van der Waals surface area contributed by atoms with E-state index in [0.29, 0.717) is 33.7 Å². The van der Waals surface area contributed by atoms with E-state index >= 15 is 0 Å². The second kappa shape index (κ2) is 14.2. The van der Waals surface area contributed by atoms with E-state index < -0.39 is 17.6 Å². The maximum absolute atomic E-state index is 10.4. The number of hydrogen-bond donors (Lipinski definition) is 2. The summed E-state index contributed by atoms with van der Waals surface area (Å²) in [5.41, 5.74) is 5.68. The van der Waals surface area contributed by atoms with Gasteiger partial charge in [0.25, 0.3) is 0 Å². The Bertz CT molecular complexity index is 1510. The molecule has 0 saturated heterocycles. The molecular weight excluding hydrogens is 597 g/mol. The highest BCUT2D eigenvalue weighted by molar-refractivity contribution is 6.37. The van der Waals surface area contributed by atoms with Crippen molar-refractivity contribution in [2.45, 2.75) is 58.2 Å². The van der Waals surface area contributed by atoms with Gasteiger partial charge in [-0.1, -0.05) is 74.5 Å². The number of hydrogen-bond acceptors (Lipinski definition) is 6. The van der Waals surface area contributed by atoms with Crippen molar-refractivity contribution in [3.8, 4) is 34.1 Å². The van der Waals surface area contributed by atoms with Crippen LogP contribution in [0.4, 0.5) is 0 Å². The lowest BCUT2D eigenvalue weighted by Crippen LogP contribution is -2.34. The average molecular weight is 643 g/mol. The summed E-state index contributed by atoms with van der Waals surface area (Å²) in [7, 11) is 1.35. The van der Waals surface area contributed by atoms with Gasteiger partial charge in [0.2, 0.25) is 0 Å². The number of aliphatic hydroxyl groups excluding tert-OH is 2. The fraction of sp³-hybridized carbons (Fsp3) is 0.351. The minimum Gasteiger partial charge on any atom is -0.494 e. The first-order chi connectivity index (χ1) is 21.7. The summed E-state index contributed by atoms with van der Waals surface area (Å²) in [6.45, 7) is 9.21. The highest BCUT2D eigenvalue weighted by atomic mass is 28.1. The van der Waals surface area contributed by atoms with Crippen molar-refractivity contribution in [1.82, 2.24) is 0 Å². The van der Waals surface area contributed by atoms with E-state index in [0.717, 1.165) is 79.6 Å². The molecule has 4 aromatic carbocycles. The molecule has 0 bridgehead atoms. The summed E-state index contributed by atoms with van der Waals surface area (Å²) >= 11 is 0. The molecule has 4 aromatic rings. The van der Waals surface area contributed by atoms with Crippen LogP contribution in [-0.4, -0.2) is 69.3 Å². The molecule has 1 aliphatic carbocycles. The van der Waals surface area contributed by atoms with E-state index in [2.05, 4.69) is 86.6 Å². The summed E-state index contributed by atoms with van der Waals surface area (Å²) in [5.74, 6) is 3.12. The highest BCUT2D eigenvalue weighted by Crippen LogP contribution is 2.59. The first kappa shape index (κ1) is 32.8. The van der Waals surface area contributed by atoms with E-state index in [1.165, 1.54) is 0 Å². The Hall–Kier alpha value is -3.57. The van der Waals surface area contributed by atoms with Crippen LogP contribution in [0, 0.1) is 0 Å². The molecule has 6 nitrogen and oxygen atoms in total. The molecule has 0 saturated carbocycles. The van der Waals surface area contributed by atoms with Crippen molar-refractivity contribution < 1.29 is 29.2 Å². The Kier molecular flexibility index (Phi) is 10.4. The third kappa shape index (κ3) is 6.16. The molecule has 1 aliphatic rings. The summed E-state index contributed by atoms with van der Waals surface area (Å²) < 4.78 is 25.6. The van der Waals surface area contributed by atoms with Gasteiger partial charge < -0.3 is 29.2 Å². The molecule has 5 rings (SSSR count). The van der Waals surface area contributed by atoms with Crippen molar-refractivity contribution in [3.05, 3.63) is 95.1 Å². The molecule has 2 unspecified atom stereocenters. The normalized spacial score (nSPS) is 14.4. The van der Waals surface area contributed by atoms with Gasteiger partial charge in [0.1, 0.15) is 36.2 Å². The van der Waals surface area contributed by atoms with Crippen LogP contribution >= 0.6 is 0 Å². The Morgan fingerprint density at radius 2 is 0.978 bits per heavy atom. The van der Waals surface area contributed by atoms with Crippen LogP contribution < -0.4 is 29.3 Å². The van der Waals surface area contributed by atoms with Crippen LogP contribution in [0.5, 0.6) is 23.0 Å². The molecule has 0 radical (unpaired) electrons. The van der Waals surface area contributed by atoms with Gasteiger partial charge >= 0.3 is 0 Å². The summed E-state index contributed by atoms with van der Waals surface area (Å²) in [5, 5.41) is 22.8. The van der Waals surface area contributed by atoms with Crippen LogP contribution in [0.1, 0.15) is 62.8 Å². The highest BCUT2D eigenvalue weighted by Gasteiger charge is 2.50. The average Bonchev–Trinajstić information content (AvgIpc) is 3.33. The maximum Gasteiger partial charge on any atom is 0.126 e. The second-order valence-electron chi connectivity index (χ2n) is 12.0. The fourth-order valence-corrected chi connectivity index (χ4v) is 7.86. The molecule has 238 valence electrons. The zero-order valence-corrected chi connectivity index (χ0v) is 31.4. The van der Waals surface area contributed by atoms with Crippen molar-refractivity contribution in [2.75, 3.05) is 26.4 Å². The third-order valence-corrected chi connectivity index (χ3v) is 10.2. The van der Waals surface area contributed by atoms with E-state index in [-0.39, 0.29) is 13.2 Å². The molecule has 0 amide bonds. The monoisotopic (exact) mass is 642 g/mol. The minimum absolute atomic E-state index is 0.153. The number of ether oxygens (including phenoxy) is 4. The van der Waals surface area contributed by atoms with Gasteiger partial charge in [-0.2, -0.15) is 0 Å². The van der Waals surface area contributed by atoms with Gasteiger partial charge in [-0.3, -0.25) is 0 Å². The Morgan fingerprint density at radius 1 is 0.578 bits per heavy atom. The molecule has 0 spiro atoms. The van der Waals surface area contributed by atoms with E-state index in [4.69, 9.17) is 18.9 Å². The first-order valence-electron chi connectivity index (χ1n) is 16.1. The van der Waals surface area contributed by atoms with Crippen molar-refractivity contribution in [2.24, 2.45) is 0 Å². The van der Waals surface area contributed by atoms with Gasteiger partial charge in [0.05, 0.1) is 30.8 Å². The zero-order valence-electron chi connectivity index (χ0n) is 27.4. The van der Waals surface area contributed by atoms with Crippen LogP contribution in [0.15, 0.2) is 72.8 Å². The maximum atomic E-state index is 10.4. The molecule has 0 heterocycles. The largest absolute Gasteiger partial charge is 0.494 e. The van der Waals surface area contributed by atoms with Crippen LogP contribution in [0.3, 0.4) is 0 Å². The lowest BCUT2D eigenvalue weighted by atomic mass is 9.67. The van der Waals surface area contributed by atoms with Gasteiger partial charge in [-0.15, -0.1) is 0 Å². The second-order valence-corrected chi connectivity index (χ2v) is 14.0. The van der Waals surface area contributed by atoms with E-state index in [1.54, 1.807) is 13.8 Å². The van der Waals surface area contributed by atoms with Crippen LogP contribution in [-0.2, 0) is 5.41 Å². The summed E-state index contributed by atoms with van der Waals surface area (Å²) in [4.78, 5) is 0. The quantitative estimate of drug-likeness (QED) is 0.182. The molecule has 0 aromatic heterocycles. The van der Waals surface area contributed by atoms with E-state index in [1.807, 2.05) is 0 Å². The topological polar surface area (TPSA) is 77.4 Å². The molecule has 0 fully saturated rings. The Morgan fingerprint density at radius 3 is 1.36 bits per heavy atom. The SMILES string of the molecule is CCCOc1ccc(C2(c3ccc(OCCC)c([SiH3])c3OCC(C)O)c3ccccc3-c3ccccc32)c(OCC(C)O)c1[SiH3]. The standard InChI is InChI=1S/C37H46O6Si2/c1-5-19-40-31-17-15-29(33(35(31)44)42-21-23(3)38)37(27-13-9-7-11-25(27)26-12-8-10-14-28(26)37)30-16-18-32(41-20-6-2)36(45)34(30)43-22-24(4)39/h7-18,23-24,38-39H,5-6,19-22H2,1-4,44-45H3. The molecular formula is C37H46O6Si2.